The first kappa shape index (κ1) is 17.3. The molecule has 0 fully saturated rings. The third kappa shape index (κ3) is 4.45. The number of hydrogen-bond donors (Lipinski definition) is 1. The second kappa shape index (κ2) is 7.97. The zero-order valence-corrected chi connectivity index (χ0v) is 13.9. The van der Waals surface area contributed by atoms with Crippen LogP contribution in [0, 0.1) is 0 Å². The number of benzene rings is 1. The van der Waals surface area contributed by atoms with Crippen LogP contribution in [0.2, 0.25) is 0 Å². The van der Waals surface area contributed by atoms with E-state index < -0.39 is 15.1 Å². The fraction of sp³-hybridized carbons (Fsp3) is 0.353. The van der Waals surface area contributed by atoms with E-state index in [9.17, 15) is 13.2 Å². The molecular formula is C17H21NO4S. The van der Waals surface area contributed by atoms with Crippen LogP contribution >= 0.6 is 0 Å². The summed E-state index contributed by atoms with van der Waals surface area (Å²) in [6.07, 6.45) is 3.52. The highest BCUT2D eigenvalue weighted by Gasteiger charge is 2.31. The lowest BCUT2D eigenvalue weighted by Crippen LogP contribution is -2.31. The summed E-state index contributed by atoms with van der Waals surface area (Å²) in [6, 6.07) is 11.4. The smallest absolute Gasteiger partial charge is 0.220 e. The first-order valence-electron chi connectivity index (χ1n) is 7.64. The van der Waals surface area contributed by atoms with Gasteiger partial charge in [-0.1, -0.05) is 31.5 Å². The van der Waals surface area contributed by atoms with Gasteiger partial charge in [0, 0.05) is 13.0 Å². The van der Waals surface area contributed by atoms with Crippen molar-refractivity contribution >= 4 is 15.7 Å². The zero-order chi connectivity index (χ0) is 16.7. The Morgan fingerprint density at radius 2 is 1.91 bits per heavy atom. The van der Waals surface area contributed by atoms with Gasteiger partial charge in [-0.05, 0) is 30.7 Å². The van der Waals surface area contributed by atoms with Gasteiger partial charge in [0.25, 0.3) is 0 Å². The molecule has 0 saturated carbocycles. The van der Waals surface area contributed by atoms with E-state index in [2.05, 4.69) is 5.32 Å². The van der Waals surface area contributed by atoms with E-state index in [0.717, 1.165) is 12.8 Å². The van der Waals surface area contributed by atoms with Gasteiger partial charge < -0.3 is 9.73 Å². The fourth-order valence-electron chi connectivity index (χ4n) is 2.24. The third-order valence-corrected chi connectivity index (χ3v) is 5.63. The van der Waals surface area contributed by atoms with Crippen LogP contribution in [0.1, 0.15) is 37.2 Å². The molecule has 1 aromatic heterocycles. The van der Waals surface area contributed by atoms with E-state index in [1.807, 2.05) is 6.92 Å². The molecule has 0 saturated heterocycles. The molecule has 1 atom stereocenters. The maximum absolute atomic E-state index is 12.8. The predicted molar refractivity (Wildman–Crippen MR) is 87.6 cm³/mol. The molecule has 0 aliphatic rings. The van der Waals surface area contributed by atoms with Crippen molar-refractivity contribution in [3.63, 3.8) is 0 Å². The number of unbranched alkanes of at least 4 members (excludes halogenated alkanes) is 1. The standard InChI is InChI=1S/C17H21NO4S/c1-2-3-11-17(19)18-13-16(15-10-7-12-22-15)23(20,21)14-8-5-4-6-9-14/h4-10,12,16H,2-3,11,13H2,1H3,(H,18,19). The summed E-state index contributed by atoms with van der Waals surface area (Å²) in [5.41, 5.74) is 0. The molecule has 5 nitrogen and oxygen atoms in total. The third-order valence-electron chi connectivity index (χ3n) is 3.55. The van der Waals surface area contributed by atoms with Crippen LogP contribution < -0.4 is 5.32 Å². The Balaban J connectivity index is 2.20. The number of furan rings is 1. The number of rotatable bonds is 8. The minimum atomic E-state index is -3.65. The number of nitrogens with one attached hydrogen (secondary N) is 1. The molecule has 1 heterocycles. The molecule has 0 aliphatic carbocycles. The number of carbonyl (C=O) groups is 1. The Hall–Kier alpha value is -2.08. The number of amides is 1. The van der Waals surface area contributed by atoms with Gasteiger partial charge in [-0.2, -0.15) is 0 Å². The largest absolute Gasteiger partial charge is 0.468 e. The summed E-state index contributed by atoms with van der Waals surface area (Å²) in [5, 5.41) is 1.76. The second-order valence-electron chi connectivity index (χ2n) is 5.27. The highest BCUT2D eigenvalue weighted by molar-refractivity contribution is 7.91. The minimum Gasteiger partial charge on any atom is -0.468 e. The Morgan fingerprint density at radius 1 is 1.17 bits per heavy atom. The second-order valence-corrected chi connectivity index (χ2v) is 7.40. The number of carbonyl (C=O) groups excluding carboxylic acids is 1. The average Bonchev–Trinajstić information content (AvgIpc) is 3.08. The van der Waals surface area contributed by atoms with Gasteiger partial charge in [0.2, 0.25) is 5.91 Å². The van der Waals surface area contributed by atoms with Crippen molar-refractivity contribution in [2.24, 2.45) is 0 Å². The molecule has 0 spiro atoms. The Morgan fingerprint density at radius 3 is 2.52 bits per heavy atom. The van der Waals surface area contributed by atoms with Gasteiger partial charge in [0.05, 0.1) is 11.2 Å². The van der Waals surface area contributed by atoms with Gasteiger partial charge in [-0.15, -0.1) is 0 Å². The number of sulfone groups is 1. The van der Waals surface area contributed by atoms with E-state index in [1.54, 1.807) is 42.5 Å². The minimum absolute atomic E-state index is 0.00666. The maximum atomic E-state index is 12.8. The predicted octanol–water partition coefficient (Wildman–Crippen LogP) is 3.10. The molecule has 0 aliphatic heterocycles. The SMILES string of the molecule is CCCCC(=O)NCC(c1ccco1)S(=O)(=O)c1ccccc1. The lowest BCUT2D eigenvalue weighted by Gasteiger charge is -2.16. The van der Waals surface area contributed by atoms with Crippen molar-refractivity contribution in [2.45, 2.75) is 36.3 Å². The summed E-state index contributed by atoms with van der Waals surface area (Å²) < 4.78 is 31.0. The molecule has 2 rings (SSSR count). The molecule has 2 aromatic rings. The topological polar surface area (TPSA) is 76.4 Å². The quantitative estimate of drug-likeness (QED) is 0.804. The van der Waals surface area contributed by atoms with Gasteiger partial charge in [0.15, 0.2) is 9.84 Å². The van der Waals surface area contributed by atoms with Crippen LogP contribution in [0.15, 0.2) is 58.0 Å². The molecule has 6 heteroatoms. The molecule has 1 amide bonds. The van der Waals surface area contributed by atoms with E-state index >= 15 is 0 Å². The summed E-state index contributed by atoms with van der Waals surface area (Å²) in [6.45, 7) is 1.99. The molecule has 1 N–H and O–H groups in total. The zero-order valence-electron chi connectivity index (χ0n) is 13.1. The van der Waals surface area contributed by atoms with Crippen LogP contribution in [0.25, 0.3) is 0 Å². The molecule has 23 heavy (non-hydrogen) atoms. The van der Waals surface area contributed by atoms with Crippen LogP contribution in [0.3, 0.4) is 0 Å². The van der Waals surface area contributed by atoms with Gasteiger partial charge in [-0.25, -0.2) is 8.42 Å². The molecule has 1 aromatic carbocycles. The summed E-state index contributed by atoms with van der Waals surface area (Å²) in [5.74, 6) is 0.177. The van der Waals surface area contributed by atoms with Crippen molar-refractivity contribution in [1.29, 1.82) is 0 Å². The van der Waals surface area contributed by atoms with E-state index in [1.165, 1.54) is 6.26 Å². The monoisotopic (exact) mass is 335 g/mol. The van der Waals surface area contributed by atoms with Crippen LogP contribution in [0.5, 0.6) is 0 Å². The summed E-state index contributed by atoms with van der Waals surface area (Å²) in [7, 11) is -3.65. The molecule has 124 valence electrons. The van der Waals surface area contributed by atoms with E-state index in [4.69, 9.17) is 4.42 Å². The molecular weight excluding hydrogens is 314 g/mol. The van der Waals surface area contributed by atoms with Gasteiger partial charge >= 0.3 is 0 Å². The van der Waals surface area contributed by atoms with Crippen molar-refractivity contribution in [3.8, 4) is 0 Å². The van der Waals surface area contributed by atoms with E-state index in [-0.39, 0.29) is 17.3 Å². The molecule has 1 unspecified atom stereocenters. The fourth-order valence-corrected chi connectivity index (χ4v) is 3.85. The van der Waals surface area contributed by atoms with Crippen LogP contribution in [-0.4, -0.2) is 20.9 Å². The van der Waals surface area contributed by atoms with Crippen LogP contribution in [-0.2, 0) is 14.6 Å². The first-order valence-corrected chi connectivity index (χ1v) is 9.19. The number of hydrogen-bond acceptors (Lipinski definition) is 4. The van der Waals surface area contributed by atoms with Crippen molar-refractivity contribution < 1.29 is 17.6 Å². The maximum Gasteiger partial charge on any atom is 0.220 e. The van der Waals surface area contributed by atoms with Crippen molar-refractivity contribution in [3.05, 3.63) is 54.5 Å². The Labute approximate surface area is 136 Å². The lowest BCUT2D eigenvalue weighted by atomic mass is 10.2. The average molecular weight is 335 g/mol. The summed E-state index contributed by atoms with van der Waals surface area (Å²) in [4.78, 5) is 12.0. The molecule has 0 radical (unpaired) electrons. The van der Waals surface area contributed by atoms with Crippen molar-refractivity contribution in [2.75, 3.05) is 6.54 Å². The Bertz CT molecular complexity index is 708. The highest BCUT2D eigenvalue weighted by atomic mass is 32.2. The first-order chi connectivity index (χ1) is 11.1. The van der Waals surface area contributed by atoms with Crippen molar-refractivity contribution in [1.82, 2.24) is 5.32 Å². The lowest BCUT2D eigenvalue weighted by molar-refractivity contribution is -0.121. The van der Waals surface area contributed by atoms with Gasteiger partial charge in [0.1, 0.15) is 11.0 Å². The highest BCUT2D eigenvalue weighted by Crippen LogP contribution is 2.28. The van der Waals surface area contributed by atoms with E-state index in [0.29, 0.717) is 12.2 Å². The van der Waals surface area contributed by atoms with Crippen LogP contribution in [0.4, 0.5) is 0 Å². The van der Waals surface area contributed by atoms with Gasteiger partial charge in [-0.3, -0.25) is 4.79 Å². The Kier molecular flexibility index (Phi) is 5.98. The summed E-state index contributed by atoms with van der Waals surface area (Å²) >= 11 is 0. The normalized spacial score (nSPS) is 12.7. The molecule has 0 bridgehead atoms.